The molecule has 0 radical (unpaired) electrons. The van der Waals surface area contributed by atoms with Crippen LogP contribution in [0.5, 0.6) is 0 Å². The number of carbonyl (C=O) groups is 2. The first-order chi connectivity index (χ1) is 12.0. The summed E-state index contributed by atoms with van der Waals surface area (Å²) in [5, 5.41) is 3.07. The molecule has 0 aromatic heterocycles. The van der Waals surface area contributed by atoms with Crippen LogP contribution in [0.3, 0.4) is 0 Å². The summed E-state index contributed by atoms with van der Waals surface area (Å²) in [6.07, 6.45) is 2.39. The van der Waals surface area contributed by atoms with Gasteiger partial charge in [-0.15, -0.1) is 0 Å². The molecule has 0 spiro atoms. The van der Waals surface area contributed by atoms with Gasteiger partial charge in [-0.3, -0.25) is 4.79 Å². The van der Waals surface area contributed by atoms with Crippen molar-refractivity contribution >= 4 is 11.9 Å². The first kappa shape index (κ1) is 19.3. The maximum absolute atomic E-state index is 12.6. The molecule has 0 aliphatic carbocycles. The Kier molecular flexibility index (Phi) is 6.85. The first-order valence-corrected chi connectivity index (χ1v) is 9.38. The third kappa shape index (κ3) is 4.33. The van der Waals surface area contributed by atoms with Crippen LogP contribution in [0.2, 0.25) is 0 Å². The zero-order chi connectivity index (χ0) is 18.4. The molecule has 1 fully saturated rings. The predicted molar refractivity (Wildman–Crippen MR) is 100 cm³/mol. The summed E-state index contributed by atoms with van der Waals surface area (Å²) in [7, 11) is 1.85. The molecule has 138 valence electrons. The van der Waals surface area contributed by atoms with Gasteiger partial charge < -0.3 is 15.1 Å². The number of amides is 3. The van der Waals surface area contributed by atoms with Gasteiger partial charge in [-0.05, 0) is 25.3 Å². The highest BCUT2D eigenvalue weighted by molar-refractivity contribution is 5.80. The van der Waals surface area contributed by atoms with Gasteiger partial charge in [0.15, 0.2) is 0 Å². The Bertz CT molecular complexity index is 572. The lowest BCUT2D eigenvalue weighted by Crippen LogP contribution is -2.47. The third-order valence-corrected chi connectivity index (χ3v) is 5.34. The lowest BCUT2D eigenvalue weighted by Gasteiger charge is -2.31. The van der Waals surface area contributed by atoms with Gasteiger partial charge in [-0.2, -0.15) is 0 Å². The highest BCUT2D eigenvalue weighted by Crippen LogP contribution is 2.36. The largest absolute Gasteiger partial charge is 0.338 e. The van der Waals surface area contributed by atoms with Crippen molar-refractivity contribution in [3.63, 3.8) is 0 Å². The topological polar surface area (TPSA) is 52.7 Å². The van der Waals surface area contributed by atoms with Crippen LogP contribution in [-0.2, 0) is 4.79 Å². The maximum Gasteiger partial charge on any atom is 0.317 e. The van der Waals surface area contributed by atoms with E-state index < -0.39 is 0 Å². The van der Waals surface area contributed by atoms with Crippen LogP contribution in [0.15, 0.2) is 30.3 Å². The second kappa shape index (κ2) is 8.88. The minimum atomic E-state index is -0.0231. The summed E-state index contributed by atoms with van der Waals surface area (Å²) in [6.45, 7) is 7.45. The van der Waals surface area contributed by atoms with Crippen LogP contribution in [0.25, 0.3) is 0 Å². The number of hydrogen-bond acceptors (Lipinski definition) is 2. The molecule has 1 N–H and O–H groups in total. The molecule has 3 amide bonds. The monoisotopic (exact) mass is 345 g/mol. The Morgan fingerprint density at radius 1 is 1.24 bits per heavy atom. The number of rotatable bonds is 7. The number of nitrogens with one attached hydrogen (secondary N) is 1. The van der Waals surface area contributed by atoms with E-state index in [-0.39, 0.29) is 29.9 Å². The van der Waals surface area contributed by atoms with E-state index in [1.807, 2.05) is 42.0 Å². The summed E-state index contributed by atoms with van der Waals surface area (Å²) in [4.78, 5) is 28.5. The molecule has 5 heteroatoms. The predicted octanol–water partition coefficient (Wildman–Crippen LogP) is 3.43. The summed E-state index contributed by atoms with van der Waals surface area (Å²) < 4.78 is 0. The number of nitrogens with zero attached hydrogens (tertiary/aromatic N) is 2. The molecule has 1 heterocycles. The fourth-order valence-corrected chi connectivity index (χ4v) is 3.90. The van der Waals surface area contributed by atoms with E-state index in [0.717, 1.165) is 18.4 Å². The molecule has 1 aromatic carbocycles. The van der Waals surface area contributed by atoms with Gasteiger partial charge in [0, 0.05) is 38.5 Å². The van der Waals surface area contributed by atoms with Crippen LogP contribution in [0, 0.1) is 5.92 Å². The molecule has 1 aliphatic heterocycles. The second-order valence-corrected chi connectivity index (χ2v) is 6.77. The van der Waals surface area contributed by atoms with Gasteiger partial charge in [0.2, 0.25) is 5.91 Å². The molecule has 1 aliphatic rings. The van der Waals surface area contributed by atoms with Crippen LogP contribution >= 0.6 is 0 Å². The Morgan fingerprint density at radius 3 is 2.44 bits per heavy atom. The molecular formula is C20H31N3O2. The quantitative estimate of drug-likeness (QED) is 0.823. The second-order valence-electron chi connectivity index (χ2n) is 6.77. The number of likely N-dealkylation sites (tertiary alicyclic amines) is 1. The zero-order valence-electron chi connectivity index (χ0n) is 15.9. The van der Waals surface area contributed by atoms with Gasteiger partial charge >= 0.3 is 6.03 Å². The smallest absolute Gasteiger partial charge is 0.317 e. The van der Waals surface area contributed by atoms with Crippen molar-refractivity contribution in [2.45, 2.75) is 52.1 Å². The maximum atomic E-state index is 12.6. The van der Waals surface area contributed by atoms with Crippen molar-refractivity contribution in [2.75, 3.05) is 20.1 Å². The van der Waals surface area contributed by atoms with E-state index in [0.29, 0.717) is 19.5 Å². The average Bonchev–Trinajstić information content (AvgIpc) is 2.92. The fourth-order valence-electron chi connectivity index (χ4n) is 3.90. The molecule has 0 bridgehead atoms. The third-order valence-electron chi connectivity index (χ3n) is 5.34. The van der Waals surface area contributed by atoms with E-state index in [9.17, 15) is 9.59 Å². The average molecular weight is 345 g/mol. The standard InChI is InChI=1S/C20H31N3O2/c1-5-17(6-2)23(7-3)20(25)21-14-16-13-18(24)22(4)19(16)15-11-9-8-10-12-15/h8-12,16-17,19H,5-7,13-14H2,1-4H3,(H,21,25)/t16-,19-/m0/s1. The number of carbonyl (C=O) groups excluding carboxylic acids is 2. The summed E-state index contributed by atoms with van der Waals surface area (Å²) in [6, 6.07) is 10.3. The molecule has 2 rings (SSSR count). The molecule has 25 heavy (non-hydrogen) atoms. The van der Waals surface area contributed by atoms with Gasteiger partial charge in [-0.25, -0.2) is 4.79 Å². The first-order valence-electron chi connectivity index (χ1n) is 9.38. The Hall–Kier alpha value is -2.04. The summed E-state index contributed by atoms with van der Waals surface area (Å²) >= 11 is 0. The van der Waals surface area contributed by atoms with Crippen molar-refractivity contribution in [3.8, 4) is 0 Å². The minimum absolute atomic E-state index is 0.0231. The molecule has 5 nitrogen and oxygen atoms in total. The van der Waals surface area contributed by atoms with Crippen molar-refractivity contribution in [1.29, 1.82) is 0 Å². The molecule has 1 saturated heterocycles. The van der Waals surface area contributed by atoms with Crippen LogP contribution in [0.4, 0.5) is 4.79 Å². The van der Waals surface area contributed by atoms with E-state index >= 15 is 0 Å². The Labute approximate surface area is 151 Å². The van der Waals surface area contributed by atoms with Crippen LogP contribution < -0.4 is 5.32 Å². The normalized spacial score (nSPS) is 20.2. The van der Waals surface area contributed by atoms with Crippen molar-refractivity contribution in [2.24, 2.45) is 5.92 Å². The van der Waals surface area contributed by atoms with Crippen LogP contribution in [-0.4, -0.2) is 47.9 Å². The highest BCUT2D eigenvalue weighted by Gasteiger charge is 2.38. The molecule has 1 aromatic rings. The molecule has 0 saturated carbocycles. The Morgan fingerprint density at radius 2 is 1.88 bits per heavy atom. The summed E-state index contributed by atoms with van der Waals surface area (Å²) in [5.41, 5.74) is 1.13. The zero-order valence-corrected chi connectivity index (χ0v) is 15.9. The molecule has 2 atom stereocenters. The van der Waals surface area contributed by atoms with Crippen molar-refractivity contribution in [1.82, 2.24) is 15.1 Å². The van der Waals surface area contributed by atoms with E-state index in [1.165, 1.54) is 0 Å². The van der Waals surface area contributed by atoms with Gasteiger partial charge in [0.25, 0.3) is 0 Å². The van der Waals surface area contributed by atoms with Crippen LogP contribution in [0.1, 0.15) is 51.6 Å². The Balaban J connectivity index is 2.05. The fraction of sp³-hybridized carbons (Fsp3) is 0.600. The number of hydrogen-bond donors (Lipinski definition) is 1. The van der Waals surface area contributed by atoms with E-state index in [2.05, 4.69) is 31.3 Å². The van der Waals surface area contributed by atoms with E-state index in [1.54, 1.807) is 0 Å². The van der Waals surface area contributed by atoms with E-state index in [4.69, 9.17) is 0 Å². The number of benzene rings is 1. The van der Waals surface area contributed by atoms with Gasteiger partial charge in [0.05, 0.1) is 6.04 Å². The summed E-state index contributed by atoms with van der Waals surface area (Å²) in [5.74, 6) is 0.240. The van der Waals surface area contributed by atoms with Gasteiger partial charge in [0.1, 0.15) is 0 Å². The SMILES string of the molecule is CCC(CC)N(CC)C(=O)NC[C@@H]1CC(=O)N(C)[C@H]1c1ccccc1. The molecule has 0 unspecified atom stereocenters. The van der Waals surface area contributed by atoms with Gasteiger partial charge in [-0.1, -0.05) is 44.2 Å². The van der Waals surface area contributed by atoms with Crippen molar-refractivity contribution in [3.05, 3.63) is 35.9 Å². The minimum Gasteiger partial charge on any atom is -0.338 e. The number of urea groups is 1. The lowest BCUT2D eigenvalue weighted by molar-refractivity contribution is -0.127. The molecular weight excluding hydrogens is 314 g/mol. The lowest BCUT2D eigenvalue weighted by atomic mass is 9.93. The highest BCUT2D eigenvalue weighted by atomic mass is 16.2. The van der Waals surface area contributed by atoms with Crippen molar-refractivity contribution < 1.29 is 9.59 Å².